The summed E-state index contributed by atoms with van der Waals surface area (Å²) >= 11 is 6.05. The molecule has 0 heterocycles. The fourth-order valence-corrected chi connectivity index (χ4v) is 2.54. The molecule has 3 rings (SSSR count). The first-order chi connectivity index (χ1) is 10.2. The second-order valence-electron chi connectivity index (χ2n) is 5.31. The van der Waals surface area contributed by atoms with E-state index in [0.717, 1.165) is 23.2 Å². The molecular weight excluding hydrogens is 289 g/mol. The maximum atomic E-state index is 13.6. The highest BCUT2D eigenvalue weighted by atomic mass is 35.5. The Balaban J connectivity index is 1.96. The Morgan fingerprint density at radius 3 is 2.76 bits per heavy atom. The molecule has 1 saturated carbocycles. The lowest BCUT2D eigenvalue weighted by Crippen LogP contribution is -2.15. The number of methoxy groups -OCH3 is 1. The monoisotopic (exact) mass is 305 g/mol. The van der Waals surface area contributed by atoms with Crippen LogP contribution in [0.25, 0.3) is 11.1 Å². The van der Waals surface area contributed by atoms with Crippen molar-refractivity contribution in [3.8, 4) is 16.9 Å². The van der Waals surface area contributed by atoms with E-state index in [1.807, 2.05) is 18.2 Å². The van der Waals surface area contributed by atoms with Gasteiger partial charge in [0.25, 0.3) is 0 Å². The molecule has 1 fully saturated rings. The van der Waals surface area contributed by atoms with Crippen molar-refractivity contribution in [2.75, 3.05) is 7.11 Å². The fourth-order valence-electron chi connectivity index (χ4n) is 2.34. The van der Waals surface area contributed by atoms with Gasteiger partial charge >= 0.3 is 0 Å². The smallest absolute Gasteiger partial charge is 0.138 e. The summed E-state index contributed by atoms with van der Waals surface area (Å²) in [6.45, 7) is 0.741. The van der Waals surface area contributed by atoms with E-state index in [-0.39, 0.29) is 5.82 Å². The summed E-state index contributed by atoms with van der Waals surface area (Å²) in [5.74, 6) is 0.355. The average Bonchev–Trinajstić information content (AvgIpc) is 3.31. The molecule has 1 N–H and O–H groups in total. The number of halogens is 2. The van der Waals surface area contributed by atoms with Gasteiger partial charge in [-0.05, 0) is 53.8 Å². The van der Waals surface area contributed by atoms with Crippen LogP contribution in [-0.4, -0.2) is 13.2 Å². The summed E-state index contributed by atoms with van der Waals surface area (Å²) in [5.41, 5.74) is 2.86. The van der Waals surface area contributed by atoms with Crippen LogP contribution in [0.2, 0.25) is 5.02 Å². The molecular formula is C17H17ClFNO. The van der Waals surface area contributed by atoms with Gasteiger partial charge in [-0.25, -0.2) is 4.39 Å². The van der Waals surface area contributed by atoms with Crippen LogP contribution in [0.3, 0.4) is 0 Å². The molecule has 0 aliphatic heterocycles. The third-order valence-electron chi connectivity index (χ3n) is 3.69. The fraction of sp³-hybridized carbons (Fsp3) is 0.294. The Labute approximate surface area is 128 Å². The molecule has 1 aliphatic rings. The zero-order valence-corrected chi connectivity index (χ0v) is 12.6. The first-order valence-corrected chi connectivity index (χ1v) is 7.41. The number of benzene rings is 2. The topological polar surface area (TPSA) is 21.3 Å². The summed E-state index contributed by atoms with van der Waals surface area (Å²) in [6, 6.07) is 11.0. The van der Waals surface area contributed by atoms with E-state index in [2.05, 4.69) is 5.32 Å². The highest BCUT2D eigenvalue weighted by molar-refractivity contribution is 6.32. The minimum absolute atomic E-state index is 0.242. The normalized spacial score (nSPS) is 14.2. The third-order valence-corrected chi connectivity index (χ3v) is 4.00. The SMILES string of the molecule is COc1cc(-c2cc(F)ccc2CNC2CC2)ccc1Cl. The van der Waals surface area contributed by atoms with Crippen molar-refractivity contribution in [3.63, 3.8) is 0 Å². The number of nitrogens with one attached hydrogen (secondary N) is 1. The second kappa shape index (κ2) is 6.04. The molecule has 2 nitrogen and oxygen atoms in total. The molecule has 0 aromatic heterocycles. The lowest BCUT2D eigenvalue weighted by Gasteiger charge is -2.12. The standard InChI is InChI=1S/C17H17ClFNO/c1-21-17-8-11(3-7-16(17)18)15-9-13(19)4-2-12(15)10-20-14-5-6-14/h2-4,7-9,14,20H,5-6,10H2,1H3. The lowest BCUT2D eigenvalue weighted by molar-refractivity contribution is 0.415. The van der Waals surface area contributed by atoms with Crippen molar-refractivity contribution in [1.82, 2.24) is 5.32 Å². The molecule has 2 aromatic carbocycles. The first-order valence-electron chi connectivity index (χ1n) is 7.03. The summed E-state index contributed by atoms with van der Waals surface area (Å²) in [5, 5.41) is 4.01. The number of ether oxygens (including phenoxy) is 1. The van der Waals surface area contributed by atoms with Gasteiger partial charge in [0.15, 0.2) is 0 Å². The van der Waals surface area contributed by atoms with Crippen molar-refractivity contribution in [2.24, 2.45) is 0 Å². The maximum Gasteiger partial charge on any atom is 0.138 e. The summed E-state index contributed by atoms with van der Waals surface area (Å²) in [7, 11) is 1.58. The van der Waals surface area contributed by atoms with Gasteiger partial charge in [-0.2, -0.15) is 0 Å². The van der Waals surface area contributed by atoms with Crippen molar-refractivity contribution in [1.29, 1.82) is 0 Å². The van der Waals surface area contributed by atoms with Gasteiger partial charge in [0.05, 0.1) is 12.1 Å². The molecule has 0 radical (unpaired) electrons. The Kier molecular flexibility index (Phi) is 4.13. The first kappa shape index (κ1) is 14.4. The predicted octanol–water partition coefficient (Wildman–Crippen LogP) is 4.41. The summed E-state index contributed by atoms with van der Waals surface area (Å²) < 4.78 is 18.9. The van der Waals surface area contributed by atoms with E-state index >= 15 is 0 Å². The molecule has 0 bridgehead atoms. The Hall–Kier alpha value is -1.58. The minimum atomic E-state index is -0.242. The molecule has 0 unspecified atom stereocenters. The van der Waals surface area contributed by atoms with Gasteiger partial charge in [0, 0.05) is 12.6 Å². The third kappa shape index (κ3) is 3.36. The largest absolute Gasteiger partial charge is 0.495 e. The van der Waals surface area contributed by atoms with E-state index < -0.39 is 0 Å². The second-order valence-corrected chi connectivity index (χ2v) is 5.71. The van der Waals surface area contributed by atoms with Crippen LogP contribution in [-0.2, 0) is 6.54 Å². The van der Waals surface area contributed by atoms with E-state index in [9.17, 15) is 4.39 Å². The van der Waals surface area contributed by atoms with Gasteiger partial charge in [0.2, 0.25) is 0 Å². The lowest BCUT2D eigenvalue weighted by atomic mass is 9.99. The van der Waals surface area contributed by atoms with E-state index in [1.165, 1.54) is 18.9 Å². The van der Waals surface area contributed by atoms with Crippen LogP contribution < -0.4 is 10.1 Å². The molecule has 2 aromatic rings. The molecule has 21 heavy (non-hydrogen) atoms. The van der Waals surface area contributed by atoms with Gasteiger partial charge in [-0.3, -0.25) is 0 Å². The molecule has 0 atom stereocenters. The molecule has 4 heteroatoms. The highest BCUT2D eigenvalue weighted by Gasteiger charge is 2.20. The molecule has 110 valence electrons. The number of hydrogen-bond acceptors (Lipinski definition) is 2. The van der Waals surface area contributed by atoms with Crippen LogP contribution >= 0.6 is 11.6 Å². The summed E-state index contributed by atoms with van der Waals surface area (Å²) in [6.07, 6.45) is 2.45. The zero-order valence-electron chi connectivity index (χ0n) is 11.8. The Morgan fingerprint density at radius 2 is 2.05 bits per heavy atom. The predicted molar refractivity (Wildman–Crippen MR) is 83.3 cm³/mol. The van der Waals surface area contributed by atoms with Crippen LogP contribution in [0.15, 0.2) is 36.4 Å². The zero-order chi connectivity index (χ0) is 14.8. The van der Waals surface area contributed by atoms with Crippen molar-refractivity contribution in [2.45, 2.75) is 25.4 Å². The van der Waals surface area contributed by atoms with Gasteiger partial charge in [-0.1, -0.05) is 23.7 Å². The van der Waals surface area contributed by atoms with E-state index in [1.54, 1.807) is 19.2 Å². The Bertz CT molecular complexity index is 655. The van der Waals surface area contributed by atoms with Crippen molar-refractivity contribution < 1.29 is 9.13 Å². The molecule has 0 saturated heterocycles. The number of hydrogen-bond donors (Lipinski definition) is 1. The molecule has 0 amide bonds. The van der Waals surface area contributed by atoms with E-state index in [4.69, 9.17) is 16.3 Å². The number of rotatable bonds is 5. The minimum Gasteiger partial charge on any atom is -0.495 e. The quantitative estimate of drug-likeness (QED) is 0.883. The molecule has 0 spiro atoms. The molecule has 1 aliphatic carbocycles. The Morgan fingerprint density at radius 1 is 1.24 bits per heavy atom. The summed E-state index contributed by atoms with van der Waals surface area (Å²) in [4.78, 5) is 0. The maximum absolute atomic E-state index is 13.6. The van der Waals surface area contributed by atoms with Crippen molar-refractivity contribution >= 4 is 11.6 Å². The van der Waals surface area contributed by atoms with Crippen molar-refractivity contribution in [3.05, 3.63) is 52.8 Å². The van der Waals surface area contributed by atoms with Crippen LogP contribution in [0.4, 0.5) is 4.39 Å². The van der Waals surface area contributed by atoms with Crippen LogP contribution in [0.5, 0.6) is 5.75 Å². The van der Waals surface area contributed by atoms with Gasteiger partial charge < -0.3 is 10.1 Å². The van der Waals surface area contributed by atoms with Gasteiger partial charge in [-0.15, -0.1) is 0 Å². The van der Waals surface area contributed by atoms with E-state index in [0.29, 0.717) is 16.8 Å². The van der Waals surface area contributed by atoms with Gasteiger partial charge in [0.1, 0.15) is 11.6 Å². The van der Waals surface area contributed by atoms with Crippen LogP contribution in [0.1, 0.15) is 18.4 Å². The highest BCUT2D eigenvalue weighted by Crippen LogP contribution is 2.32. The average molecular weight is 306 g/mol. The van der Waals surface area contributed by atoms with Crippen LogP contribution in [0, 0.1) is 5.82 Å².